The summed E-state index contributed by atoms with van der Waals surface area (Å²) in [6.45, 7) is 3.74. The lowest BCUT2D eigenvalue weighted by atomic mass is 9.98. The predicted octanol–water partition coefficient (Wildman–Crippen LogP) is 3.42. The van der Waals surface area contributed by atoms with Gasteiger partial charge in [0.1, 0.15) is 6.04 Å². The third-order valence-electron chi connectivity index (χ3n) is 5.83. The molecule has 0 unspecified atom stereocenters. The Morgan fingerprint density at radius 3 is 2.66 bits per heavy atom. The average molecular weight is 450 g/mol. The lowest BCUT2D eigenvalue weighted by molar-refractivity contribution is -0.140. The molecule has 3 aromatic rings. The van der Waals surface area contributed by atoms with Gasteiger partial charge in [0.05, 0.1) is 5.56 Å². The topological polar surface area (TPSA) is 62.6 Å². The van der Waals surface area contributed by atoms with E-state index in [1.54, 1.807) is 35.5 Å². The van der Waals surface area contributed by atoms with Crippen LogP contribution in [-0.2, 0) is 18.3 Å². The summed E-state index contributed by atoms with van der Waals surface area (Å²) in [6.07, 6.45) is 2.87. The van der Waals surface area contributed by atoms with Gasteiger partial charge in [-0.15, -0.1) is 11.3 Å². The molecule has 0 aliphatic carbocycles. The molecule has 1 saturated heterocycles. The van der Waals surface area contributed by atoms with E-state index < -0.39 is 6.04 Å². The molecule has 1 atom stereocenters. The largest absolute Gasteiger partial charge is 0.339 e. The van der Waals surface area contributed by atoms with E-state index in [1.165, 1.54) is 15.5 Å². The zero-order valence-electron chi connectivity index (χ0n) is 18.4. The lowest BCUT2D eigenvalue weighted by Crippen LogP contribution is -2.59. The van der Waals surface area contributed by atoms with Crippen molar-refractivity contribution in [3.63, 3.8) is 0 Å². The first-order chi connectivity index (χ1) is 15.5. The molecule has 32 heavy (non-hydrogen) atoms. The molecule has 2 amide bonds. The first-order valence-corrected chi connectivity index (χ1v) is 11.7. The molecule has 0 spiro atoms. The number of aromatic nitrogens is 1. The highest BCUT2D eigenvalue weighted by atomic mass is 32.1. The number of pyridine rings is 1. The van der Waals surface area contributed by atoms with Crippen LogP contribution in [0.3, 0.4) is 0 Å². The molecule has 1 aliphatic heterocycles. The van der Waals surface area contributed by atoms with Crippen molar-refractivity contribution in [2.75, 3.05) is 19.6 Å². The van der Waals surface area contributed by atoms with Crippen molar-refractivity contribution in [3.8, 4) is 10.4 Å². The summed E-state index contributed by atoms with van der Waals surface area (Å²) in [5, 5.41) is 2.04. The minimum Gasteiger partial charge on any atom is -0.339 e. The van der Waals surface area contributed by atoms with E-state index in [2.05, 4.69) is 25.1 Å². The van der Waals surface area contributed by atoms with Gasteiger partial charge in [0.2, 0.25) is 11.5 Å². The van der Waals surface area contributed by atoms with Gasteiger partial charge in [0, 0.05) is 50.2 Å². The van der Waals surface area contributed by atoms with Gasteiger partial charge in [-0.2, -0.15) is 0 Å². The molecule has 0 saturated carbocycles. The number of rotatable bonds is 6. The van der Waals surface area contributed by atoms with Crippen LogP contribution in [0.25, 0.3) is 10.4 Å². The lowest BCUT2D eigenvalue weighted by Gasteiger charge is -2.41. The van der Waals surface area contributed by atoms with Crippen molar-refractivity contribution in [2.24, 2.45) is 7.05 Å². The Kier molecular flexibility index (Phi) is 6.55. The molecule has 1 fully saturated rings. The van der Waals surface area contributed by atoms with Crippen molar-refractivity contribution in [3.05, 3.63) is 81.6 Å². The van der Waals surface area contributed by atoms with E-state index in [1.807, 2.05) is 28.5 Å². The van der Waals surface area contributed by atoms with Crippen LogP contribution in [0.5, 0.6) is 0 Å². The Hall–Kier alpha value is -3.19. The Balaban J connectivity index is 1.64. The molecule has 0 bridgehead atoms. The second-order valence-electron chi connectivity index (χ2n) is 8.09. The molecular formula is C25H27N3O3S. The van der Waals surface area contributed by atoms with E-state index in [0.29, 0.717) is 31.6 Å². The first-order valence-electron chi connectivity index (χ1n) is 10.9. The molecule has 166 valence electrons. The summed E-state index contributed by atoms with van der Waals surface area (Å²) in [5.41, 5.74) is 2.38. The third kappa shape index (κ3) is 4.53. The molecule has 7 heteroatoms. The quantitative estimate of drug-likeness (QED) is 0.579. The van der Waals surface area contributed by atoms with Crippen LogP contribution in [0.15, 0.2) is 64.9 Å². The van der Waals surface area contributed by atoms with Gasteiger partial charge >= 0.3 is 0 Å². The highest BCUT2D eigenvalue weighted by Crippen LogP contribution is 2.27. The predicted molar refractivity (Wildman–Crippen MR) is 127 cm³/mol. The maximum absolute atomic E-state index is 13.4. The van der Waals surface area contributed by atoms with Crippen LogP contribution in [0.2, 0.25) is 0 Å². The Bertz CT molecular complexity index is 1170. The number of aryl methyl sites for hydroxylation is 1. The monoisotopic (exact) mass is 449 g/mol. The molecule has 1 aromatic carbocycles. The van der Waals surface area contributed by atoms with E-state index in [0.717, 1.165) is 17.5 Å². The van der Waals surface area contributed by atoms with Crippen LogP contribution in [0.4, 0.5) is 0 Å². The first kappa shape index (κ1) is 22.0. The molecule has 0 N–H and O–H groups in total. The van der Waals surface area contributed by atoms with Crippen molar-refractivity contribution < 1.29 is 9.59 Å². The third-order valence-corrected chi connectivity index (χ3v) is 6.75. The van der Waals surface area contributed by atoms with Crippen LogP contribution in [-0.4, -0.2) is 51.9 Å². The summed E-state index contributed by atoms with van der Waals surface area (Å²) in [5.74, 6) is -0.234. The van der Waals surface area contributed by atoms with E-state index >= 15 is 0 Å². The van der Waals surface area contributed by atoms with Gasteiger partial charge in [0.25, 0.3) is 5.91 Å². The summed E-state index contributed by atoms with van der Waals surface area (Å²) in [7, 11) is 1.62. The normalized spacial score (nSPS) is 16.4. The summed E-state index contributed by atoms with van der Waals surface area (Å²) in [4.78, 5) is 43.2. The van der Waals surface area contributed by atoms with Gasteiger partial charge in [-0.05, 0) is 35.1 Å². The van der Waals surface area contributed by atoms with Crippen molar-refractivity contribution in [1.29, 1.82) is 0 Å². The number of carbonyl (C=O) groups excluding carboxylic acids is 2. The standard InChI is InChI=1S/C25H27N3O3S/c1-3-11-27-12-13-28(24(30)20-9-10-23(29)26(2)17-20)21(25(27)31)16-18-6-4-7-19(15-18)22-8-5-14-32-22/h4-10,14-15,17,21H,3,11-13,16H2,1-2H3/t21-/m0/s1. The van der Waals surface area contributed by atoms with Gasteiger partial charge < -0.3 is 14.4 Å². The fraction of sp³-hybridized carbons (Fsp3) is 0.320. The number of thiophene rings is 1. The number of piperazine rings is 1. The van der Waals surface area contributed by atoms with Crippen molar-refractivity contribution in [2.45, 2.75) is 25.8 Å². The summed E-state index contributed by atoms with van der Waals surface area (Å²) < 4.78 is 1.39. The fourth-order valence-electron chi connectivity index (χ4n) is 4.17. The second-order valence-corrected chi connectivity index (χ2v) is 9.04. The maximum atomic E-state index is 13.4. The average Bonchev–Trinajstić information content (AvgIpc) is 3.33. The second kappa shape index (κ2) is 9.53. The number of amides is 2. The molecule has 4 rings (SSSR count). The van der Waals surface area contributed by atoms with Gasteiger partial charge in [-0.3, -0.25) is 14.4 Å². The zero-order chi connectivity index (χ0) is 22.7. The molecule has 2 aromatic heterocycles. The molecule has 1 aliphatic rings. The molecule has 3 heterocycles. The van der Waals surface area contributed by atoms with Crippen LogP contribution in [0.1, 0.15) is 29.3 Å². The van der Waals surface area contributed by atoms with Gasteiger partial charge in [0.15, 0.2) is 0 Å². The minimum absolute atomic E-state index is 0.0159. The number of carbonyl (C=O) groups is 2. The highest BCUT2D eigenvalue weighted by Gasteiger charge is 2.37. The Labute approximate surface area is 191 Å². The summed E-state index contributed by atoms with van der Waals surface area (Å²) in [6, 6.07) is 14.6. The van der Waals surface area contributed by atoms with E-state index in [4.69, 9.17) is 0 Å². The smallest absolute Gasteiger partial charge is 0.256 e. The minimum atomic E-state index is -0.571. The van der Waals surface area contributed by atoms with E-state index in [-0.39, 0.29) is 17.4 Å². The van der Waals surface area contributed by atoms with Gasteiger partial charge in [-0.1, -0.05) is 37.3 Å². The van der Waals surface area contributed by atoms with Crippen molar-refractivity contribution in [1.82, 2.24) is 14.4 Å². The van der Waals surface area contributed by atoms with Gasteiger partial charge in [-0.25, -0.2) is 0 Å². The van der Waals surface area contributed by atoms with Crippen LogP contribution in [0, 0.1) is 0 Å². The SMILES string of the molecule is CCCN1CCN(C(=O)c2ccc(=O)n(C)c2)[C@@H](Cc2cccc(-c3cccs3)c2)C1=O. The Morgan fingerprint density at radius 1 is 1.09 bits per heavy atom. The highest BCUT2D eigenvalue weighted by molar-refractivity contribution is 7.13. The number of hydrogen-bond acceptors (Lipinski definition) is 4. The summed E-state index contributed by atoms with van der Waals surface area (Å²) >= 11 is 1.68. The molecular weight excluding hydrogens is 422 g/mol. The molecule has 6 nitrogen and oxygen atoms in total. The number of benzene rings is 1. The van der Waals surface area contributed by atoms with Crippen molar-refractivity contribution >= 4 is 23.2 Å². The van der Waals surface area contributed by atoms with Crippen LogP contribution >= 0.6 is 11.3 Å². The van der Waals surface area contributed by atoms with Crippen LogP contribution < -0.4 is 5.56 Å². The zero-order valence-corrected chi connectivity index (χ0v) is 19.2. The fourth-order valence-corrected chi connectivity index (χ4v) is 4.90. The Morgan fingerprint density at radius 2 is 1.94 bits per heavy atom. The molecule has 0 radical (unpaired) electrons. The van der Waals surface area contributed by atoms with E-state index in [9.17, 15) is 14.4 Å². The number of nitrogens with zero attached hydrogens (tertiary/aromatic N) is 3. The number of hydrogen-bond donors (Lipinski definition) is 0. The maximum Gasteiger partial charge on any atom is 0.256 e.